The number of fused-ring (bicyclic) bond motifs is 1. The second-order valence-electron chi connectivity index (χ2n) is 5.24. The van der Waals surface area contributed by atoms with Crippen molar-refractivity contribution in [3.05, 3.63) is 35.6 Å². The van der Waals surface area contributed by atoms with Crippen molar-refractivity contribution in [3.8, 4) is 0 Å². The number of amides is 1. The highest BCUT2D eigenvalue weighted by atomic mass is 16.5. The molecule has 0 aliphatic heterocycles. The Kier molecular flexibility index (Phi) is 3.53. The molecular weight excluding hydrogens is 286 g/mol. The van der Waals surface area contributed by atoms with E-state index in [0.29, 0.717) is 22.9 Å². The molecule has 1 N–H and O–H groups in total. The number of carbonyl (C=O) groups is 1. The van der Waals surface area contributed by atoms with Gasteiger partial charge in [0, 0.05) is 12.1 Å². The van der Waals surface area contributed by atoms with Crippen LogP contribution in [0.15, 0.2) is 22.9 Å². The van der Waals surface area contributed by atoms with Gasteiger partial charge in [-0.05, 0) is 29.5 Å². The van der Waals surface area contributed by atoms with Crippen LogP contribution in [0.2, 0.25) is 0 Å². The maximum atomic E-state index is 12.3. The van der Waals surface area contributed by atoms with Gasteiger partial charge in [0.05, 0.1) is 5.56 Å². The van der Waals surface area contributed by atoms with Crippen LogP contribution in [0.1, 0.15) is 54.8 Å². The van der Waals surface area contributed by atoms with Gasteiger partial charge in [-0.2, -0.15) is 9.50 Å². The number of hydrogen-bond acceptors (Lipinski definition) is 7. The molecular formula is C13H15N7O2. The van der Waals surface area contributed by atoms with Gasteiger partial charge in [0.2, 0.25) is 5.89 Å². The Labute approximate surface area is 125 Å². The average molecular weight is 301 g/mol. The Balaban J connectivity index is 1.74. The molecule has 0 saturated carbocycles. The number of hydrogen-bond donors (Lipinski definition) is 1. The number of aromatic nitrogens is 6. The van der Waals surface area contributed by atoms with Crippen LogP contribution >= 0.6 is 0 Å². The first kappa shape index (κ1) is 14.1. The highest BCUT2D eigenvalue weighted by molar-refractivity contribution is 5.94. The third-order valence-electron chi connectivity index (χ3n) is 3.15. The number of tetrazole rings is 1. The van der Waals surface area contributed by atoms with Crippen LogP contribution in [0.4, 0.5) is 0 Å². The van der Waals surface area contributed by atoms with Gasteiger partial charge in [-0.25, -0.2) is 0 Å². The van der Waals surface area contributed by atoms with Crippen LogP contribution in [0, 0.1) is 0 Å². The molecule has 0 aliphatic rings. The average Bonchev–Trinajstić information content (AvgIpc) is 3.15. The second kappa shape index (κ2) is 5.51. The summed E-state index contributed by atoms with van der Waals surface area (Å²) in [5.41, 5.74) is 1.01. The monoisotopic (exact) mass is 301 g/mol. The van der Waals surface area contributed by atoms with Gasteiger partial charge in [-0.3, -0.25) is 4.79 Å². The molecule has 1 atom stereocenters. The molecule has 0 aliphatic carbocycles. The molecule has 9 heteroatoms. The van der Waals surface area contributed by atoms with Crippen molar-refractivity contribution in [3.63, 3.8) is 0 Å². The molecule has 0 aromatic carbocycles. The fourth-order valence-electron chi connectivity index (χ4n) is 1.87. The normalized spacial score (nSPS) is 12.7. The van der Waals surface area contributed by atoms with Gasteiger partial charge in [0.1, 0.15) is 6.04 Å². The summed E-state index contributed by atoms with van der Waals surface area (Å²) in [6, 6.07) is 2.93. The van der Waals surface area contributed by atoms with E-state index in [1.165, 1.54) is 4.52 Å². The Morgan fingerprint density at radius 1 is 1.32 bits per heavy atom. The summed E-state index contributed by atoms with van der Waals surface area (Å²) < 4.78 is 6.60. The fraction of sp³-hybridized carbons (Fsp3) is 0.385. The minimum absolute atomic E-state index is 0.169. The first-order chi connectivity index (χ1) is 10.5. The van der Waals surface area contributed by atoms with E-state index in [0.717, 1.165) is 0 Å². The predicted octanol–water partition coefficient (Wildman–Crippen LogP) is 1.12. The van der Waals surface area contributed by atoms with Crippen LogP contribution in [0.5, 0.6) is 0 Å². The Morgan fingerprint density at radius 2 is 2.14 bits per heavy atom. The molecule has 22 heavy (non-hydrogen) atoms. The van der Waals surface area contributed by atoms with Gasteiger partial charge < -0.3 is 9.84 Å². The van der Waals surface area contributed by atoms with Crippen molar-refractivity contribution in [1.29, 1.82) is 0 Å². The zero-order chi connectivity index (χ0) is 15.7. The van der Waals surface area contributed by atoms with E-state index in [4.69, 9.17) is 4.52 Å². The van der Waals surface area contributed by atoms with Crippen molar-refractivity contribution in [1.82, 2.24) is 35.5 Å². The molecule has 0 fully saturated rings. The third-order valence-corrected chi connectivity index (χ3v) is 3.15. The summed E-state index contributed by atoms with van der Waals surface area (Å²) in [4.78, 5) is 16.5. The zero-order valence-corrected chi connectivity index (χ0v) is 12.4. The van der Waals surface area contributed by atoms with E-state index >= 15 is 0 Å². The molecule has 3 aromatic rings. The first-order valence-corrected chi connectivity index (χ1v) is 6.86. The highest BCUT2D eigenvalue weighted by Gasteiger charge is 2.19. The van der Waals surface area contributed by atoms with Gasteiger partial charge in [0.25, 0.3) is 5.91 Å². The molecule has 9 nitrogen and oxygen atoms in total. The number of pyridine rings is 1. The van der Waals surface area contributed by atoms with E-state index in [2.05, 4.69) is 31.0 Å². The molecule has 3 heterocycles. The number of nitrogens with one attached hydrogen (secondary N) is 1. The van der Waals surface area contributed by atoms with Crippen molar-refractivity contribution in [2.45, 2.75) is 32.7 Å². The van der Waals surface area contributed by atoms with Gasteiger partial charge in [-0.15, -0.1) is 5.10 Å². The number of rotatable bonds is 4. The molecule has 1 unspecified atom stereocenters. The number of nitrogens with zero attached hydrogens (tertiary/aromatic N) is 6. The van der Waals surface area contributed by atoms with E-state index in [9.17, 15) is 4.79 Å². The molecule has 0 radical (unpaired) electrons. The SMILES string of the molecule is CC(C)c1noc(C(C)NC(=O)c2ccc3nnnn3c2)n1. The van der Waals surface area contributed by atoms with Gasteiger partial charge in [-0.1, -0.05) is 19.0 Å². The van der Waals surface area contributed by atoms with Crippen molar-refractivity contribution in [2.24, 2.45) is 0 Å². The first-order valence-electron chi connectivity index (χ1n) is 6.86. The molecule has 0 spiro atoms. The topological polar surface area (TPSA) is 111 Å². The highest BCUT2D eigenvalue weighted by Crippen LogP contribution is 2.15. The van der Waals surface area contributed by atoms with Gasteiger partial charge in [0.15, 0.2) is 11.5 Å². The quantitative estimate of drug-likeness (QED) is 0.768. The van der Waals surface area contributed by atoms with Crippen molar-refractivity contribution in [2.75, 3.05) is 0 Å². The summed E-state index contributed by atoms with van der Waals surface area (Å²) >= 11 is 0. The smallest absolute Gasteiger partial charge is 0.253 e. The van der Waals surface area contributed by atoms with Crippen molar-refractivity contribution < 1.29 is 9.32 Å². The van der Waals surface area contributed by atoms with E-state index in [-0.39, 0.29) is 11.8 Å². The Bertz CT molecular complexity index is 807. The maximum Gasteiger partial charge on any atom is 0.253 e. The van der Waals surface area contributed by atoms with Crippen LogP contribution < -0.4 is 5.32 Å². The lowest BCUT2D eigenvalue weighted by atomic mass is 10.2. The molecule has 1 amide bonds. The van der Waals surface area contributed by atoms with Crippen molar-refractivity contribution >= 4 is 11.6 Å². The van der Waals surface area contributed by atoms with Crippen LogP contribution in [0.25, 0.3) is 5.65 Å². The van der Waals surface area contributed by atoms with Crippen LogP contribution in [-0.2, 0) is 0 Å². The summed E-state index contributed by atoms with van der Waals surface area (Å²) in [6.07, 6.45) is 1.56. The van der Waals surface area contributed by atoms with Crippen LogP contribution in [0.3, 0.4) is 0 Å². The lowest BCUT2D eigenvalue weighted by Gasteiger charge is -2.09. The minimum atomic E-state index is -0.392. The lowest BCUT2D eigenvalue weighted by Crippen LogP contribution is -2.27. The predicted molar refractivity (Wildman–Crippen MR) is 75.1 cm³/mol. The second-order valence-corrected chi connectivity index (χ2v) is 5.24. The zero-order valence-electron chi connectivity index (χ0n) is 12.4. The molecule has 114 valence electrons. The van der Waals surface area contributed by atoms with Gasteiger partial charge >= 0.3 is 0 Å². The standard InChI is InChI=1S/C13H15N7O2/c1-7(2)11-15-13(22-17-11)8(3)14-12(21)9-4-5-10-16-18-19-20(10)6-9/h4-8H,1-3H3,(H,14,21). The maximum absolute atomic E-state index is 12.3. The Morgan fingerprint density at radius 3 is 2.86 bits per heavy atom. The summed E-state index contributed by atoms with van der Waals surface area (Å²) in [6.45, 7) is 5.73. The largest absolute Gasteiger partial charge is 0.340 e. The minimum Gasteiger partial charge on any atom is -0.340 e. The summed E-state index contributed by atoms with van der Waals surface area (Å²) in [7, 11) is 0. The van der Waals surface area contributed by atoms with E-state index in [1.807, 2.05) is 13.8 Å². The summed E-state index contributed by atoms with van der Waals surface area (Å²) in [5, 5.41) is 17.8. The lowest BCUT2D eigenvalue weighted by molar-refractivity contribution is 0.0932. The molecule has 3 rings (SSSR count). The Hall–Kier alpha value is -2.84. The molecule has 0 bridgehead atoms. The molecule has 3 aromatic heterocycles. The number of carbonyl (C=O) groups excluding carboxylic acids is 1. The summed E-state index contributed by atoms with van der Waals surface area (Å²) in [5.74, 6) is 0.892. The van der Waals surface area contributed by atoms with Crippen LogP contribution in [-0.4, -0.2) is 36.1 Å². The third kappa shape index (κ3) is 2.65. The van der Waals surface area contributed by atoms with E-state index in [1.54, 1.807) is 25.3 Å². The fourth-order valence-corrected chi connectivity index (χ4v) is 1.87. The van der Waals surface area contributed by atoms with E-state index < -0.39 is 6.04 Å². The molecule has 0 saturated heterocycles.